The first-order valence-corrected chi connectivity index (χ1v) is 8.31. The van der Waals surface area contributed by atoms with Crippen LogP contribution in [0.25, 0.3) is 0 Å². The van der Waals surface area contributed by atoms with E-state index in [4.69, 9.17) is 0 Å². The molecule has 3 heterocycles. The number of carbonyl (C=O) groups excluding carboxylic acids is 3. The molecule has 0 radical (unpaired) electrons. The van der Waals surface area contributed by atoms with Crippen LogP contribution in [-0.2, 0) is 22.6 Å². The van der Waals surface area contributed by atoms with Crippen molar-refractivity contribution in [1.82, 2.24) is 25.1 Å². The van der Waals surface area contributed by atoms with Crippen LogP contribution in [0.15, 0.2) is 4.79 Å². The molecule has 140 valence electrons. The summed E-state index contributed by atoms with van der Waals surface area (Å²) < 4.78 is 0. The van der Waals surface area contributed by atoms with Crippen molar-refractivity contribution >= 4 is 23.8 Å². The zero-order chi connectivity index (χ0) is 19.2. The number of amides is 4. The van der Waals surface area contributed by atoms with Crippen molar-refractivity contribution in [3.8, 4) is 0 Å². The van der Waals surface area contributed by atoms with Gasteiger partial charge in [0.15, 0.2) is 0 Å². The Bertz CT molecular complexity index is 844. The van der Waals surface area contributed by atoms with Crippen LogP contribution in [0, 0.1) is 0 Å². The lowest BCUT2D eigenvalue weighted by Crippen LogP contribution is -2.50. The van der Waals surface area contributed by atoms with Crippen molar-refractivity contribution in [1.29, 1.82) is 0 Å². The topological polar surface area (TPSA) is 119 Å². The molecular weight excluding hydrogens is 340 g/mol. The fourth-order valence-electron chi connectivity index (χ4n) is 3.05. The smallest absolute Gasteiger partial charge is 0.325 e. The van der Waals surface area contributed by atoms with Gasteiger partial charge in [-0.3, -0.25) is 24.7 Å². The molecule has 1 aromatic rings. The number of hydrogen-bond acceptors (Lipinski definition) is 6. The number of carbonyl (C=O) groups is 3. The molecule has 2 N–H and O–H groups in total. The summed E-state index contributed by atoms with van der Waals surface area (Å²) in [5.74, 6) is -0.293. The van der Waals surface area contributed by atoms with Crippen LogP contribution in [0.5, 0.6) is 0 Å². The number of aromatic amines is 1. The average Bonchev–Trinajstić information content (AvgIpc) is 2.76. The number of hydrogen-bond donors (Lipinski definition) is 2. The highest BCUT2D eigenvalue weighted by molar-refractivity contribution is 6.07. The fraction of sp³-hybridized carbons (Fsp3) is 0.562. The van der Waals surface area contributed by atoms with E-state index in [-0.39, 0.29) is 24.6 Å². The molecule has 0 spiro atoms. The maximum Gasteiger partial charge on any atom is 0.325 e. The van der Waals surface area contributed by atoms with Crippen LogP contribution >= 0.6 is 0 Å². The molecule has 0 aromatic carbocycles. The Morgan fingerprint density at radius 3 is 2.54 bits per heavy atom. The predicted molar refractivity (Wildman–Crippen MR) is 92.6 cm³/mol. The van der Waals surface area contributed by atoms with Gasteiger partial charge in [-0.2, -0.15) is 0 Å². The zero-order valence-electron chi connectivity index (χ0n) is 15.3. The molecule has 10 heteroatoms. The van der Waals surface area contributed by atoms with E-state index in [2.05, 4.69) is 15.3 Å². The van der Waals surface area contributed by atoms with Gasteiger partial charge < -0.3 is 14.7 Å². The number of H-pyrrole nitrogens is 1. The molecule has 1 aromatic heterocycles. The molecule has 0 bridgehead atoms. The molecule has 0 unspecified atom stereocenters. The van der Waals surface area contributed by atoms with Crippen LogP contribution in [0.2, 0.25) is 0 Å². The lowest BCUT2D eigenvalue weighted by Gasteiger charge is -2.32. The van der Waals surface area contributed by atoms with E-state index >= 15 is 0 Å². The molecule has 0 aliphatic carbocycles. The summed E-state index contributed by atoms with van der Waals surface area (Å²) in [6.45, 7) is 3.54. The Morgan fingerprint density at radius 1 is 1.27 bits per heavy atom. The Hall–Kier alpha value is -2.91. The maximum atomic E-state index is 12.7. The summed E-state index contributed by atoms with van der Waals surface area (Å²) in [6.07, 6.45) is 0.394. The van der Waals surface area contributed by atoms with Crippen molar-refractivity contribution in [3.05, 3.63) is 21.6 Å². The highest BCUT2D eigenvalue weighted by Gasteiger charge is 2.46. The normalized spacial score (nSPS) is 18.6. The van der Waals surface area contributed by atoms with E-state index in [0.717, 1.165) is 0 Å². The van der Waals surface area contributed by atoms with E-state index in [1.165, 1.54) is 4.90 Å². The zero-order valence-corrected chi connectivity index (χ0v) is 15.3. The van der Waals surface area contributed by atoms with E-state index in [1.54, 1.807) is 37.7 Å². The van der Waals surface area contributed by atoms with Gasteiger partial charge >= 0.3 is 6.03 Å². The third-order valence-corrected chi connectivity index (χ3v) is 4.83. The molecule has 26 heavy (non-hydrogen) atoms. The third kappa shape index (κ3) is 2.91. The number of nitrogens with zero attached hydrogens (tertiary/aromatic N) is 4. The molecule has 1 saturated heterocycles. The largest absolute Gasteiger partial charge is 0.348 e. The lowest BCUT2D eigenvalue weighted by atomic mass is 10.0. The maximum absolute atomic E-state index is 12.7. The fourth-order valence-corrected chi connectivity index (χ4v) is 3.05. The van der Waals surface area contributed by atoms with Gasteiger partial charge in [0, 0.05) is 26.2 Å². The number of aromatic nitrogens is 2. The van der Waals surface area contributed by atoms with Gasteiger partial charge in [-0.25, -0.2) is 9.78 Å². The Labute approximate surface area is 150 Å². The third-order valence-electron chi connectivity index (χ3n) is 4.83. The summed E-state index contributed by atoms with van der Waals surface area (Å²) in [4.78, 5) is 60.2. The Kier molecular flexibility index (Phi) is 4.21. The van der Waals surface area contributed by atoms with Gasteiger partial charge in [0.25, 0.3) is 11.5 Å². The number of nitrogens with one attached hydrogen (secondary N) is 2. The van der Waals surface area contributed by atoms with E-state index in [1.807, 2.05) is 0 Å². The molecule has 2 aliphatic heterocycles. The number of rotatable bonds is 3. The summed E-state index contributed by atoms with van der Waals surface area (Å²) in [5, 5.41) is 2.22. The molecule has 1 fully saturated rings. The second-order valence-corrected chi connectivity index (χ2v) is 7.18. The molecular formula is C16H22N6O4. The first kappa shape index (κ1) is 17.9. The molecule has 3 rings (SSSR count). The highest BCUT2D eigenvalue weighted by atomic mass is 16.2. The predicted octanol–water partition coefficient (Wildman–Crippen LogP) is -0.949. The van der Waals surface area contributed by atoms with Crippen LogP contribution in [0.3, 0.4) is 0 Å². The van der Waals surface area contributed by atoms with Crippen LogP contribution in [-0.4, -0.2) is 70.3 Å². The molecule has 0 saturated carbocycles. The monoisotopic (exact) mass is 362 g/mol. The van der Waals surface area contributed by atoms with Crippen molar-refractivity contribution in [2.75, 3.05) is 32.1 Å². The van der Waals surface area contributed by atoms with E-state index in [0.29, 0.717) is 30.2 Å². The van der Waals surface area contributed by atoms with Crippen molar-refractivity contribution in [2.24, 2.45) is 0 Å². The van der Waals surface area contributed by atoms with E-state index < -0.39 is 17.5 Å². The minimum Gasteiger partial charge on any atom is -0.348 e. The van der Waals surface area contributed by atoms with Crippen molar-refractivity contribution < 1.29 is 14.4 Å². The lowest BCUT2D eigenvalue weighted by molar-refractivity contribution is -0.134. The minimum absolute atomic E-state index is 0.197. The van der Waals surface area contributed by atoms with Crippen LogP contribution in [0.4, 0.5) is 10.7 Å². The second kappa shape index (κ2) is 6.11. The average molecular weight is 362 g/mol. The quantitative estimate of drug-likeness (QED) is 0.670. The second-order valence-electron chi connectivity index (χ2n) is 7.18. The molecule has 2 aliphatic rings. The summed E-state index contributed by atoms with van der Waals surface area (Å²) in [5.41, 5.74) is -0.141. The molecule has 10 nitrogen and oxygen atoms in total. The van der Waals surface area contributed by atoms with Gasteiger partial charge in [-0.05, 0) is 20.3 Å². The highest BCUT2D eigenvalue weighted by Crippen LogP contribution is 2.22. The van der Waals surface area contributed by atoms with Crippen molar-refractivity contribution in [3.63, 3.8) is 0 Å². The Balaban J connectivity index is 1.78. The first-order valence-electron chi connectivity index (χ1n) is 8.31. The summed E-state index contributed by atoms with van der Waals surface area (Å²) >= 11 is 0. The van der Waals surface area contributed by atoms with Gasteiger partial charge in [-0.15, -0.1) is 0 Å². The van der Waals surface area contributed by atoms with Crippen LogP contribution in [0.1, 0.15) is 25.1 Å². The van der Waals surface area contributed by atoms with Gasteiger partial charge in [0.05, 0.1) is 12.2 Å². The van der Waals surface area contributed by atoms with Gasteiger partial charge in [0.2, 0.25) is 11.9 Å². The summed E-state index contributed by atoms with van der Waals surface area (Å²) in [7, 11) is 3.53. The number of urea groups is 1. The van der Waals surface area contributed by atoms with Crippen LogP contribution < -0.4 is 15.8 Å². The number of fused-ring (bicyclic) bond motifs is 1. The van der Waals surface area contributed by atoms with E-state index in [9.17, 15) is 19.2 Å². The minimum atomic E-state index is -1.08. The number of imide groups is 1. The SMILES string of the molecule is CN(C)c1nc2c(c(=O)[nH]1)CCN(C(=O)CN1C(=O)NC(=O)C1(C)C)C2. The number of anilines is 1. The summed E-state index contributed by atoms with van der Waals surface area (Å²) in [6, 6.07) is -0.574. The van der Waals surface area contributed by atoms with Gasteiger partial charge in [0.1, 0.15) is 12.1 Å². The molecule has 4 amide bonds. The molecule has 0 atom stereocenters. The first-order chi connectivity index (χ1) is 12.1. The Morgan fingerprint density at radius 2 is 1.96 bits per heavy atom. The van der Waals surface area contributed by atoms with Gasteiger partial charge in [-0.1, -0.05) is 0 Å². The standard InChI is InChI=1S/C16H22N6O4/c1-16(2)13(25)19-15(26)22(16)8-11(23)21-6-5-9-10(7-21)17-14(20(3)4)18-12(9)24/h5-8H2,1-4H3,(H,17,18,24)(H,19,25,26). The van der Waals surface area contributed by atoms with Crippen molar-refractivity contribution in [2.45, 2.75) is 32.4 Å².